The number of non-ortho nitro benzene ring substituents is 1. The number of anilines is 1. The van der Waals surface area contributed by atoms with Crippen molar-refractivity contribution in [2.45, 2.75) is 13.8 Å². The van der Waals surface area contributed by atoms with Crippen LogP contribution in [0.3, 0.4) is 0 Å². The van der Waals surface area contributed by atoms with Crippen molar-refractivity contribution in [1.29, 1.82) is 0 Å². The zero-order valence-corrected chi connectivity index (χ0v) is 19.3. The fourth-order valence-corrected chi connectivity index (χ4v) is 5.34. The van der Waals surface area contributed by atoms with Crippen LogP contribution >= 0.6 is 22.7 Å². The molecule has 160 valence electrons. The van der Waals surface area contributed by atoms with E-state index in [1.807, 2.05) is 32.0 Å². The van der Waals surface area contributed by atoms with E-state index in [9.17, 15) is 14.9 Å². The molecule has 0 fully saturated rings. The average molecular weight is 455 g/mol. The number of nitro benzene ring substituents is 1. The maximum absolute atomic E-state index is 13.5. The fraction of sp³-hybridized carbons (Fsp3) is 0.273. The molecule has 0 spiro atoms. The highest BCUT2D eigenvalue weighted by atomic mass is 32.1. The average Bonchev–Trinajstić information content (AvgIpc) is 3.34. The van der Waals surface area contributed by atoms with E-state index in [0.717, 1.165) is 20.5 Å². The number of fused-ring (bicyclic) bond motifs is 2. The first kappa shape index (κ1) is 21.4. The summed E-state index contributed by atoms with van der Waals surface area (Å²) in [6.07, 6.45) is 0. The Morgan fingerprint density at radius 1 is 1.06 bits per heavy atom. The lowest BCUT2D eigenvalue weighted by Crippen LogP contribution is -2.36. The molecule has 4 aromatic rings. The molecule has 0 saturated heterocycles. The quantitative estimate of drug-likeness (QED) is 0.294. The molecular weight excluding hydrogens is 432 g/mol. The van der Waals surface area contributed by atoms with Gasteiger partial charge in [0.2, 0.25) is 0 Å². The van der Waals surface area contributed by atoms with Crippen LogP contribution in [0.15, 0.2) is 36.4 Å². The molecule has 1 amide bonds. The molecule has 9 heteroatoms. The number of aryl methyl sites for hydroxylation is 2. The topological polar surface area (TPSA) is 79.6 Å². The molecule has 0 radical (unpaired) electrons. The first-order valence-corrected chi connectivity index (χ1v) is 11.4. The van der Waals surface area contributed by atoms with E-state index in [2.05, 4.69) is 13.0 Å². The Morgan fingerprint density at radius 3 is 2.52 bits per heavy atom. The summed E-state index contributed by atoms with van der Waals surface area (Å²) in [7, 11) is 3.93. The van der Waals surface area contributed by atoms with E-state index >= 15 is 0 Å². The Kier molecular flexibility index (Phi) is 5.74. The Balaban J connectivity index is 1.75. The van der Waals surface area contributed by atoms with Gasteiger partial charge in [-0.25, -0.2) is 4.98 Å². The lowest BCUT2D eigenvalue weighted by Gasteiger charge is -2.21. The summed E-state index contributed by atoms with van der Waals surface area (Å²) in [5, 5.41) is 12.5. The number of nitro groups is 1. The highest BCUT2D eigenvalue weighted by Gasteiger charge is 2.24. The molecule has 0 aliphatic rings. The van der Waals surface area contributed by atoms with Gasteiger partial charge >= 0.3 is 0 Å². The largest absolute Gasteiger partial charge is 0.308 e. The number of likely N-dealkylation sites (N-methyl/N-ethyl adjacent to an activating group) is 1. The minimum atomic E-state index is -0.423. The van der Waals surface area contributed by atoms with Gasteiger partial charge < -0.3 is 4.90 Å². The molecule has 0 aliphatic carbocycles. The number of benzene rings is 2. The van der Waals surface area contributed by atoms with Gasteiger partial charge in [0.1, 0.15) is 0 Å². The lowest BCUT2D eigenvalue weighted by atomic mass is 10.1. The van der Waals surface area contributed by atoms with Crippen LogP contribution in [0.25, 0.3) is 20.3 Å². The highest BCUT2D eigenvalue weighted by molar-refractivity contribution is 7.23. The lowest BCUT2D eigenvalue weighted by molar-refractivity contribution is -0.384. The SMILES string of the molecule is Cc1ccc2sc(N(CCN(C)C)C(=O)c3cc4cc([N+](=O)[O-])ccc4s3)nc2c1C. The zero-order chi connectivity index (χ0) is 22.3. The molecule has 2 heterocycles. The number of carbonyl (C=O) groups excluding carboxylic acids is 1. The second kappa shape index (κ2) is 8.33. The van der Waals surface area contributed by atoms with Crippen molar-refractivity contribution in [1.82, 2.24) is 9.88 Å². The maximum Gasteiger partial charge on any atom is 0.270 e. The van der Waals surface area contributed by atoms with Gasteiger partial charge in [0, 0.05) is 35.3 Å². The van der Waals surface area contributed by atoms with Gasteiger partial charge in [0.15, 0.2) is 5.13 Å². The van der Waals surface area contributed by atoms with Crippen LogP contribution < -0.4 is 4.90 Å². The summed E-state index contributed by atoms with van der Waals surface area (Å²) < 4.78 is 1.89. The Bertz CT molecular complexity index is 1310. The Labute approximate surface area is 187 Å². The third-order valence-corrected chi connectivity index (χ3v) is 7.39. The molecule has 0 saturated carbocycles. The second-order valence-electron chi connectivity index (χ2n) is 7.70. The zero-order valence-electron chi connectivity index (χ0n) is 17.7. The van der Waals surface area contributed by atoms with Gasteiger partial charge in [-0.2, -0.15) is 0 Å². The first-order chi connectivity index (χ1) is 14.7. The monoisotopic (exact) mass is 454 g/mol. The van der Waals surface area contributed by atoms with E-state index < -0.39 is 4.92 Å². The fourth-order valence-electron chi connectivity index (χ4n) is 3.30. The van der Waals surface area contributed by atoms with Crippen LogP contribution in [-0.4, -0.2) is 47.9 Å². The summed E-state index contributed by atoms with van der Waals surface area (Å²) in [6.45, 7) is 5.29. The maximum atomic E-state index is 13.5. The molecule has 7 nitrogen and oxygen atoms in total. The van der Waals surface area contributed by atoms with Crippen molar-refractivity contribution in [3.63, 3.8) is 0 Å². The van der Waals surface area contributed by atoms with Crippen molar-refractivity contribution < 1.29 is 9.72 Å². The molecule has 0 bridgehead atoms. The predicted octanol–water partition coefficient (Wildman–Crippen LogP) is 5.24. The third kappa shape index (κ3) is 4.16. The van der Waals surface area contributed by atoms with Crippen molar-refractivity contribution in [3.05, 3.63) is 62.5 Å². The number of carbonyl (C=O) groups is 1. The van der Waals surface area contributed by atoms with Crippen molar-refractivity contribution in [3.8, 4) is 0 Å². The predicted molar refractivity (Wildman–Crippen MR) is 128 cm³/mol. The summed E-state index contributed by atoms with van der Waals surface area (Å²) in [5.41, 5.74) is 3.23. The summed E-state index contributed by atoms with van der Waals surface area (Å²) in [4.78, 5) is 33.3. The number of thiophene rings is 1. The van der Waals surface area contributed by atoms with E-state index in [1.54, 1.807) is 17.0 Å². The first-order valence-electron chi connectivity index (χ1n) is 9.76. The Morgan fingerprint density at radius 2 is 1.81 bits per heavy atom. The van der Waals surface area contributed by atoms with Crippen molar-refractivity contribution >= 4 is 59.7 Å². The van der Waals surface area contributed by atoms with Gasteiger partial charge in [-0.15, -0.1) is 11.3 Å². The van der Waals surface area contributed by atoms with E-state index in [1.165, 1.54) is 40.4 Å². The number of thiazole rings is 1. The van der Waals surface area contributed by atoms with Gasteiger partial charge in [-0.1, -0.05) is 17.4 Å². The van der Waals surface area contributed by atoms with Gasteiger partial charge in [0.25, 0.3) is 11.6 Å². The number of aromatic nitrogens is 1. The number of hydrogen-bond donors (Lipinski definition) is 0. The minimum Gasteiger partial charge on any atom is -0.308 e. The van der Waals surface area contributed by atoms with Crippen molar-refractivity contribution in [2.24, 2.45) is 0 Å². The molecule has 2 aromatic carbocycles. The molecule has 0 N–H and O–H groups in total. The molecule has 2 aromatic heterocycles. The minimum absolute atomic E-state index is 0.0192. The Hall–Kier alpha value is -2.88. The number of rotatable bonds is 6. The standard InChI is InChI=1S/C22H22N4O3S2/c1-13-5-7-18-20(14(13)2)23-22(31-18)25(10-9-24(3)4)21(27)19-12-15-11-16(26(28)29)6-8-17(15)30-19/h5-8,11-12H,9-10H2,1-4H3. The molecule has 0 aliphatic heterocycles. The van der Waals surface area contributed by atoms with Crippen LogP contribution in [0.2, 0.25) is 0 Å². The van der Waals surface area contributed by atoms with Crippen LogP contribution in [0.5, 0.6) is 0 Å². The molecule has 0 atom stereocenters. The number of amides is 1. The van der Waals surface area contributed by atoms with Gasteiger partial charge in [0.05, 0.1) is 20.0 Å². The van der Waals surface area contributed by atoms with Crippen LogP contribution in [0, 0.1) is 24.0 Å². The summed E-state index contributed by atoms with van der Waals surface area (Å²) in [6, 6.07) is 10.5. The molecule has 4 rings (SSSR count). The van der Waals surface area contributed by atoms with Gasteiger partial charge in [-0.3, -0.25) is 19.8 Å². The second-order valence-corrected chi connectivity index (χ2v) is 9.79. The van der Waals surface area contributed by atoms with E-state index in [-0.39, 0.29) is 11.6 Å². The van der Waals surface area contributed by atoms with E-state index in [4.69, 9.17) is 4.98 Å². The normalized spacial score (nSPS) is 11.5. The molecule has 31 heavy (non-hydrogen) atoms. The molecule has 0 unspecified atom stereocenters. The summed E-state index contributed by atoms with van der Waals surface area (Å²) >= 11 is 2.85. The third-order valence-electron chi connectivity index (χ3n) is 5.24. The van der Waals surface area contributed by atoms with Crippen LogP contribution in [-0.2, 0) is 0 Å². The number of hydrogen-bond acceptors (Lipinski definition) is 7. The van der Waals surface area contributed by atoms with Crippen molar-refractivity contribution in [2.75, 3.05) is 32.1 Å². The van der Waals surface area contributed by atoms with E-state index in [0.29, 0.717) is 28.5 Å². The summed E-state index contributed by atoms with van der Waals surface area (Å²) in [5.74, 6) is -0.140. The van der Waals surface area contributed by atoms with Gasteiger partial charge in [-0.05, 0) is 57.3 Å². The molecular formula is C22H22N4O3S2. The highest BCUT2D eigenvalue weighted by Crippen LogP contribution is 2.35. The number of nitrogens with zero attached hydrogens (tertiary/aromatic N) is 4. The van der Waals surface area contributed by atoms with Crippen LogP contribution in [0.1, 0.15) is 20.8 Å². The van der Waals surface area contributed by atoms with Crippen LogP contribution in [0.4, 0.5) is 10.8 Å². The smallest absolute Gasteiger partial charge is 0.270 e.